The number of para-hydroxylation sites is 1. The van der Waals surface area contributed by atoms with E-state index >= 15 is 4.39 Å². The van der Waals surface area contributed by atoms with Gasteiger partial charge in [-0.05, 0) is 30.4 Å². The summed E-state index contributed by atoms with van der Waals surface area (Å²) < 4.78 is 19.7. The first-order valence-electron chi connectivity index (χ1n) is 7.01. The fourth-order valence-corrected chi connectivity index (χ4v) is 2.23. The van der Waals surface area contributed by atoms with Crippen molar-refractivity contribution >= 4 is 52.5 Å². The van der Waals surface area contributed by atoms with E-state index in [-0.39, 0.29) is 27.7 Å². The third kappa shape index (κ3) is 4.21. The van der Waals surface area contributed by atoms with Crippen molar-refractivity contribution < 1.29 is 18.7 Å². The van der Waals surface area contributed by atoms with Crippen LogP contribution in [-0.2, 0) is 9.53 Å². The Labute approximate surface area is 148 Å². The molecule has 0 bridgehead atoms. The zero-order valence-electron chi connectivity index (χ0n) is 13.1. The molecule has 0 aliphatic heterocycles. The van der Waals surface area contributed by atoms with E-state index in [1.807, 2.05) is 0 Å². The molecule has 1 amide bonds. The highest BCUT2D eigenvalue weighted by molar-refractivity contribution is 7.80. The van der Waals surface area contributed by atoms with Gasteiger partial charge in [0.1, 0.15) is 5.69 Å². The van der Waals surface area contributed by atoms with Crippen LogP contribution in [0.3, 0.4) is 0 Å². The number of anilines is 4. The number of ether oxygens (including phenoxy) is 1. The monoisotopic (exact) mass is 362 g/mol. The first kappa shape index (κ1) is 18.1. The van der Waals surface area contributed by atoms with Gasteiger partial charge in [-0.1, -0.05) is 18.2 Å². The summed E-state index contributed by atoms with van der Waals surface area (Å²) >= 11 is 4.73. The molecule has 25 heavy (non-hydrogen) atoms. The lowest BCUT2D eigenvalue weighted by Crippen LogP contribution is -2.22. The summed E-state index contributed by atoms with van der Waals surface area (Å²) in [5, 5.41) is 7.38. The SMILES string of the molecule is COC(=O)c1cc(NC=O)c(NC(N)=S)c(F)c1Nc1ccccc1. The molecule has 0 unspecified atom stereocenters. The smallest absolute Gasteiger partial charge is 0.340 e. The zero-order chi connectivity index (χ0) is 18.4. The van der Waals surface area contributed by atoms with Crippen molar-refractivity contribution in [2.45, 2.75) is 0 Å². The number of hydrogen-bond acceptors (Lipinski definition) is 5. The Morgan fingerprint density at radius 1 is 1.28 bits per heavy atom. The van der Waals surface area contributed by atoms with Gasteiger partial charge in [-0.3, -0.25) is 4.79 Å². The van der Waals surface area contributed by atoms with Crippen molar-refractivity contribution in [1.29, 1.82) is 0 Å². The highest BCUT2D eigenvalue weighted by Gasteiger charge is 2.23. The van der Waals surface area contributed by atoms with E-state index in [9.17, 15) is 9.59 Å². The normalized spacial score (nSPS) is 9.84. The Balaban J connectivity index is 2.66. The van der Waals surface area contributed by atoms with Gasteiger partial charge < -0.3 is 26.4 Å². The number of benzene rings is 2. The molecule has 0 saturated heterocycles. The van der Waals surface area contributed by atoms with Gasteiger partial charge in [-0.25, -0.2) is 9.18 Å². The van der Waals surface area contributed by atoms with Gasteiger partial charge in [0.15, 0.2) is 10.9 Å². The van der Waals surface area contributed by atoms with E-state index in [1.165, 1.54) is 13.2 Å². The number of thiocarbonyl (C=S) groups is 1. The van der Waals surface area contributed by atoms with Crippen molar-refractivity contribution in [1.82, 2.24) is 0 Å². The van der Waals surface area contributed by atoms with Crippen LogP contribution in [0.1, 0.15) is 10.4 Å². The fourth-order valence-electron chi connectivity index (χ4n) is 2.13. The lowest BCUT2D eigenvalue weighted by molar-refractivity contribution is -0.105. The van der Waals surface area contributed by atoms with Crippen LogP contribution in [0, 0.1) is 5.82 Å². The van der Waals surface area contributed by atoms with Crippen LogP contribution in [0.4, 0.5) is 27.1 Å². The Kier molecular flexibility index (Phi) is 5.85. The van der Waals surface area contributed by atoms with Crippen LogP contribution in [0.5, 0.6) is 0 Å². The molecule has 9 heteroatoms. The maximum atomic E-state index is 15.1. The number of carbonyl (C=O) groups excluding carboxylic acids is 2. The lowest BCUT2D eigenvalue weighted by atomic mass is 10.1. The molecule has 0 aliphatic rings. The Morgan fingerprint density at radius 3 is 2.52 bits per heavy atom. The molecule has 0 spiro atoms. The number of nitrogens with two attached hydrogens (primary N) is 1. The number of rotatable bonds is 6. The molecule has 0 aromatic heterocycles. The number of halogens is 1. The first-order chi connectivity index (χ1) is 12.0. The van der Waals surface area contributed by atoms with Gasteiger partial charge in [0.25, 0.3) is 0 Å². The van der Waals surface area contributed by atoms with E-state index < -0.39 is 11.8 Å². The minimum absolute atomic E-state index is 0.0145. The fraction of sp³-hybridized carbons (Fsp3) is 0.0625. The second-order valence-electron chi connectivity index (χ2n) is 4.77. The molecule has 0 fully saturated rings. The van der Waals surface area contributed by atoms with Crippen LogP contribution in [0.15, 0.2) is 36.4 Å². The second kappa shape index (κ2) is 8.06. The maximum Gasteiger partial charge on any atom is 0.340 e. The van der Waals surface area contributed by atoms with Crippen LogP contribution >= 0.6 is 12.2 Å². The number of nitrogens with one attached hydrogen (secondary N) is 3. The first-order valence-corrected chi connectivity index (χ1v) is 7.42. The third-order valence-electron chi connectivity index (χ3n) is 3.18. The predicted octanol–water partition coefficient (Wildman–Crippen LogP) is 2.58. The van der Waals surface area contributed by atoms with Gasteiger partial charge in [0, 0.05) is 5.69 Å². The predicted molar refractivity (Wildman–Crippen MR) is 97.6 cm³/mol. The number of methoxy groups -OCH3 is 1. The second-order valence-corrected chi connectivity index (χ2v) is 5.21. The van der Waals surface area contributed by atoms with Crippen molar-refractivity contribution in [2.75, 3.05) is 23.1 Å². The summed E-state index contributed by atoms with van der Waals surface area (Å²) in [4.78, 5) is 22.8. The van der Waals surface area contributed by atoms with E-state index in [0.717, 1.165) is 0 Å². The van der Waals surface area contributed by atoms with Crippen molar-refractivity contribution in [3.05, 3.63) is 47.8 Å². The molecular weight excluding hydrogens is 347 g/mol. The van der Waals surface area contributed by atoms with Crippen molar-refractivity contribution in [3.8, 4) is 0 Å². The van der Waals surface area contributed by atoms with E-state index in [1.54, 1.807) is 30.3 Å². The van der Waals surface area contributed by atoms with Gasteiger partial charge in [-0.2, -0.15) is 0 Å². The lowest BCUT2D eigenvalue weighted by Gasteiger charge is -2.18. The quantitative estimate of drug-likeness (QED) is 0.356. The minimum atomic E-state index is -0.857. The summed E-state index contributed by atoms with van der Waals surface area (Å²) in [7, 11) is 1.17. The summed E-state index contributed by atoms with van der Waals surface area (Å²) in [5.41, 5.74) is 5.51. The maximum absolute atomic E-state index is 15.1. The largest absolute Gasteiger partial charge is 0.465 e. The molecule has 5 N–H and O–H groups in total. The Bertz CT molecular complexity index is 815. The van der Waals surface area contributed by atoms with Crippen LogP contribution in [0.2, 0.25) is 0 Å². The summed E-state index contributed by atoms with van der Waals surface area (Å²) in [6.45, 7) is 0. The average molecular weight is 362 g/mol. The highest BCUT2D eigenvalue weighted by atomic mass is 32.1. The van der Waals surface area contributed by atoms with Gasteiger partial charge in [-0.15, -0.1) is 0 Å². The molecule has 2 rings (SSSR count). The molecule has 0 saturated carbocycles. The molecule has 0 radical (unpaired) electrons. The summed E-state index contributed by atoms with van der Waals surface area (Å²) in [6.07, 6.45) is 0.338. The molecule has 0 heterocycles. The standard InChI is InChI=1S/C16H15FN4O3S/c1-24-15(23)10-7-11(19-8-22)14(21-16(18)25)12(17)13(10)20-9-5-3-2-4-6-9/h2-8,20H,1H3,(H,19,22)(H3,18,21,25). The molecule has 7 nitrogen and oxygen atoms in total. The summed E-state index contributed by atoms with van der Waals surface area (Å²) in [6, 6.07) is 9.93. The molecule has 0 aliphatic carbocycles. The van der Waals surface area contributed by atoms with Crippen LogP contribution in [-0.4, -0.2) is 24.6 Å². The highest BCUT2D eigenvalue weighted by Crippen LogP contribution is 2.36. The number of esters is 1. The van der Waals surface area contributed by atoms with Gasteiger partial charge in [0.2, 0.25) is 6.41 Å². The molecule has 2 aromatic rings. The van der Waals surface area contributed by atoms with E-state index in [2.05, 4.69) is 16.0 Å². The molecule has 130 valence electrons. The molecular formula is C16H15FN4O3S. The van der Waals surface area contributed by atoms with E-state index in [0.29, 0.717) is 12.1 Å². The van der Waals surface area contributed by atoms with Crippen LogP contribution < -0.4 is 21.7 Å². The summed E-state index contributed by atoms with van der Waals surface area (Å²) in [5.74, 6) is -1.64. The number of carbonyl (C=O) groups is 2. The van der Waals surface area contributed by atoms with Crippen LogP contribution in [0.25, 0.3) is 0 Å². The molecule has 2 aromatic carbocycles. The topological polar surface area (TPSA) is 105 Å². The average Bonchev–Trinajstić information content (AvgIpc) is 2.60. The third-order valence-corrected chi connectivity index (χ3v) is 3.28. The number of hydrogen-bond donors (Lipinski definition) is 4. The minimum Gasteiger partial charge on any atom is -0.465 e. The zero-order valence-corrected chi connectivity index (χ0v) is 13.9. The number of amides is 1. The molecule has 0 atom stereocenters. The Hall–Kier alpha value is -3.20. The van der Waals surface area contributed by atoms with Gasteiger partial charge >= 0.3 is 5.97 Å². The van der Waals surface area contributed by atoms with Gasteiger partial charge in [0.05, 0.1) is 24.0 Å². The van der Waals surface area contributed by atoms with Crippen molar-refractivity contribution in [3.63, 3.8) is 0 Å². The van der Waals surface area contributed by atoms with E-state index in [4.69, 9.17) is 22.7 Å². The van der Waals surface area contributed by atoms with Crippen molar-refractivity contribution in [2.24, 2.45) is 5.73 Å². The Morgan fingerprint density at radius 2 is 1.96 bits per heavy atom.